The molecule has 2 heterocycles. The first-order chi connectivity index (χ1) is 11.3. The Kier molecular flexibility index (Phi) is 4.16. The van der Waals surface area contributed by atoms with E-state index in [-0.39, 0.29) is 11.0 Å². The van der Waals surface area contributed by atoms with Crippen LogP contribution in [0.3, 0.4) is 0 Å². The van der Waals surface area contributed by atoms with Crippen LogP contribution in [0.1, 0.15) is 30.8 Å². The lowest BCUT2D eigenvalue weighted by Crippen LogP contribution is -2.15. The fraction of sp³-hybridized carbons (Fsp3) is 0.438. The van der Waals surface area contributed by atoms with Crippen molar-refractivity contribution in [2.24, 2.45) is 0 Å². The summed E-state index contributed by atoms with van der Waals surface area (Å²) in [5, 5.41) is 6.64. The molecule has 0 bridgehead atoms. The monoisotopic (exact) mass is 351 g/mol. The highest BCUT2D eigenvalue weighted by Gasteiger charge is 2.26. The Hall–Kier alpha value is -2.22. The van der Waals surface area contributed by atoms with Crippen molar-refractivity contribution in [3.8, 4) is 11.5 Å². The number of H-pyrrole nitrogens is 1. The molecule has 1 unspecified atom stereocenters. The standard InChI is InChI=1S/C16H21N3O4S/c1-5-22-15-7-12-6-9(2)23-14(12)8-13(15)19-24(20,21)16-10(3)17-18-11(16)4/h7-9,19H,5-6H2,1-4H3,(H,17,18). The zero-order valence-electron chi connectivity index (χ0n) is 14.1. The number of aromatic amines is 1. The van der Waals surface area contributed by atoms with Crippen LogP contribution in [0, 0.1) is 13.8 Å². The van der Waals surface area contributed by atoms with Crippen molar-refractivity contribution in [2.75, 3.05) is 11.3 Å². The molecule has 2 aromatic rings. The summed E-state index contributed by atoms with van der Waals surface area (Å²) in [6.45, 7) is 7.59. The van der Waals surface area contributed by atoms with Gasteiger partial charge in [-0.05, 0) is 33.8 Å². The van der Waals surface area contributed by atoms with Gasteiger partial charge >= 0.3 is 0 Å². The van der Waals surface area contributed by atoms with Crippen molar-refractivity contribution in [2.45, 2.75) is 45.1 Å². The number of hydrogen-bond donors (Lipinski definition) is 2. The summed E-state index contributed by atoms with van der Waals surface area (Å²) in [6, 6.07) is 3.53. The molecule has 130 valence electrons. The van der Waals surface area contributed by atoms with Crippen molar-refractivity contribution in [3.63, 3.8) is 0 Å². The van der Waals surface area contributed by atoms with Gasteiger partial charge in [0, 0.05) is 18.1 Å². The Morgan fingerprint density at radius 2 is 2.17 bits per heavy atom. The van der Waals surface area contributed by atoms with Crippen LogP contribution in [-0.4, -0.2) is 31.3 Å². The van der Waals surface area contributed by atoms with E-state index >= 15 is 0 Å². The predicted octanol–water partition coefficient (Wildman–Crippen LogP) is 2.55. The fourth-order valence-corrected chi connectivity index (χ4v) is 4.36. The average molecular weight is 351 g/mol. The first-order valence-corrected chi connectivity index (χ1v) is 9.31. The lowest BCUT2D eigenvalue weighted by atomic mass is 10.1. The van der Waals surface area contributed by atoms with E-state index in [2.05, 4.69) is 14.9 Å². The zero-order chi connectivity index (χ0) is 17.5. The first kappa shape index (κ1) is 16.6. The number of ether oxygens (including phenoxy) is 2. The summed E-state index contributed by atoms with van der Waals surface area (Å²) < 4.78 is 39.5. The molecule has 1 aromatic carbocycles. The molecule has 0 saturated heterocycles. The Bertz CT molecular complexity index is 854. The number of sulfonamides is 1. The molecule has 1 aromatic heterocycles. The summed E-state index contributed by atoms with van der Waals surface area (Å²) in [5.74, 6) is 1.18. The molecule has 0 saturated carbocycles. The van der Waals surface area contributed by atoms with E-state index in [1.54, 1.807) is 19.9 Å². The number of anilines is 1. The average Bonchev–Trinajstić information content (AvgIpc) is 3.00. The van der Waals surface area contributed by atoms with Crippen molar-refractivity contribution < 1.29 is 17.9 Å². The molecule has 0 amide bonds. The lowest BCUT2D eigenvalue weighted by molar-refractivity contribution is 0.254. The second kappa shape index (κ2) is 6.01. The minimum Gasteiger partial charge on any atom is -0.492 e. The second-order valence-corrected chi connectivity index (χ2v) is 7.51. The number of hydrogen-bond acceptors (Lipinski definition) is 5. The van der Waals surface area contributed by atoms with Crippen LogP contribution < -0.4 is 14.2 Å². The Balaban J connectivity index is 2.02. The van der Waals surface area contributed by atoms with Crippen LogP contribution in [0.25, 0.3) is 0 Å². The molecule has 0 fully saturated rings. The molecule has 0 spiro atoms. The minimum absolute atomic E-state index is 0.0692. The van der Waals surface area contributed by atoms with Gasteiger partial charge in [0.25, 0.3) is 10.0 Å². The zero-order valence-corrected chi connectivity index (χ0v) is 15.0. The van der Waals surface area contributed by atoms with Gasteiger partial charge in [0.1, 0.15) is 22.5 Å². The Morgan fingerprint density at radius 1 is 1.42 bits per heavy atom. The van der Waals surface area contributed by atoms with E-state index < -0.39 is 10.0 Å². The van der Waals surface area contributed by atoms with Crippen LogP contribution >= 0.6 is 0 Å². The van der Waals surface area contributed by atoms with Crippen molar-refractivity contribution in [1.29, 1.82) is 0 Å². The number of nitrogens with one attached hydrogen (secondary N) is 2. The van der Waals surface area contributed by atoms with Crippen LogP contribution in [0.5, 0.6) is 11.5 Å². The van der Waals surface area contributed by atoms with Gasteiger partial charge in [-0.3, -0.25) is 9.82 Å². The first-order valence-electron chi connectivity index (χ1n) is 7.82. The molecule has 2 N–H and O–H groups in total. The Morgan fingerprint density at radius 3 is 2.79 bits per heavy atom. The molecule has 3 rings (SSSR count). The number of benzene rings is 1. The van der Waals surface area contributed by atoms with E-state index in [4.69, 9.17) is 9.47 Å². The number of aryl methyl sites for hydroxylation is 2. The van der Waals surface area contributed by atoms with E-state index in [1.807, 2.05) is 19.9 Å². The molecule has 0 aliphatic carbocycles. The molecule has 1 aliphatic heterocycles. The molecule has 1 atom stereocenters. The van der Waals surface area contributed by atoms with Crippen molar-refractivity contribution >= 4 is 15.7 Å². The molecule has 0 radical (unpaired) electrons. The molecule has 8 heteroatoms. The molecular weight excluding hydrogens is 330 g/mol. The van der Waals surface area contributed by atoms with Gasteiger partial charge in [-0.2, -0.15) is 5.10 Å². The van der Waals surface area contributed by atoms with Crippen LogP contribution in [0.4, 0.5) is 5.69 Å². The molecule has 7 nitrogen and oxygen atoms in total. The van der Waals surface area contributed by atoms with Gasteiger partial charge < -0.3 is 9.47 Å². The maximum Gasteiger partial charge on any atom is 0.265 e. The fourth-order valence-electron chi connectivity index (χ4n) is 2.93. The highest BCUT2D eigenvalue weighted by atomic mass is 32.2. The highest BCUT2D eigenvalue weighted by molar-refractivity contribution is 7.92. The smallest absolute Gasteiger partial charge is 0.265 e. The van der Waals surface area contributed by atoms with E-state index in [0.717, 1.165) is 12.0 Å². The van der Waals surface area contributed by atoms with Crippen molar-refractivity contribution in [1.82, 2.24) is 10.2 Å². The van der Waals surface area contributed by atoms with Crippen molar-refractivity contribution in [3.05, 3.63) is 29.1 Å². The Labute approximate surface area is 141 Å². The van der Waals surface area contributed by atoms with E-state index in [1.165, 1.54) is 0 Å². The molecule has 1 aliphatic rings. The summed E-state index contributed by atoms with van der Waals surface area (Å²) in [6.07, 6.45) is 0.849. The van der Waals surface area contributed by atoms with E-state index in [0.29, 0.717) is 35.2 Å². The third-order valence-electron chi connectivity index (χ3n) is 3.87. The summed E-state index contributed by atoms with van der Waals surface area (Å²) >= 11 is 0. The van der Waals surface area contributed by atoms with Gasteiger partial charge in [0.15, 0.2) is 0 Å². The summed E-state index contributed by atoms with van der Waals surface area (Å²) in [5.41, 5.74) is 2.29. The second-order valence-electron chi connectivity index (χ2n) is 5.89. The quantitative estimate of drug-likeness (QED) is 0.863. The van der Waals surface area contributed by atoms with Gasteiger partial charge in [0.05, 0.1) is 23.7 Å². The SMILES string of the molecule is CCOc1cc2c(cc1NS(=O)(=O)c1c(C)n[nH]c1C)OC(C)C2. The molecule has 24 heavy (non-hydrogen) atoms. The normalized spacial score (nSPS) is 16.6. The topological polar surface area (TPSA) is 93.3 Å². The highest BCUT2D eigenvalue weighted by Crippen LogP contribution is 2.39. The van der Waals surface area contributed by atoms with Crippen LogP contribution in [-0.2, 0) is 16.4 Å². The largest absolute Gasteiger partial charge is 0.492 e. The number of rotatable bonds is 5. The number of nitrogens with zero attached hydrogens (tertiary/aromatic N) is 1. The predicted molar refractivity (Wildman–Crippen MR) is 90.3 cm³/mol. The lowest BCUT2D eigenvalue weighted by Gasteiger charge is -2.14. The minimum atomic E-state index is -3.78. The summed E-state index contributed by atoms with van der Waals surface area (Å²) in [4.78, 5) is 0.153. The van der Waals surface area contributed by atoms with Crippen LogP contribution in [0.15, 0.2) is 17.0 Å². The third kappa shape index (κ3) is 2.93. The van der Waals surface area contributed by atoms with Crippen LogP contribution in [0.2, 0.25) is 0 Å². The number of aromatic nitrogens is 2. The van der Waals surface area contributed by atoms with Gasteiger partial charge in [0.2, 0.25) is 0 Å². The maximum atomic E-state index is 12.8. The maximum absolute atomic E-state index is 12.8. The van der Waals surface area contributed by atoms with E-state index in [9.17, 15) is 8.42 Å². The van der Waals surface area contributed by atoms with Gasteiger partial charge in [-0.1, -0.05) is 0 Å². The summed E-state index contributed by atoms with van der Waals surface area (Å²) in [7, 11) is -3.78. The van der Waals surface area contributed by atoms with Gasteiger partial charge in [-0.25, -0.2) is 8.42 Å². The third-order valence-corrected chi connectivity index (χ3v) is 5.50. The molecular formula is C16H21N3O4S. The van der Waals surface area contributed by atoms with Gasteiger partial charge in [-0.15, -0.1) is 0 Å². The number of fused-ring (bicyclic) bond motifs is 1.